The van der Waals surface area contributed by atoms with Gasteiger partial charge in [0.2, 0.25) is 6.67 Å². The summed E-state index contributed by atoms with van der Waals surface area (Å²) >= 11 is 0. The van der Waals surface area contributed by atoms with Crippen molar-refractivity contribution in [1.29, 1.82) is 0 Å². The summed E-state index contributed by atoms with van der Waals surface area (Å²) in [5.74, 6) is 0. The number of pyridine rings is 1. The van der Waals surface area contributed by atoms with Crippen LogP contribution in [0.4, 0.5) is 5.69 Å². The van der Waals surface area contributed by atoms with Gasteiger partial charge in [0.25, 0.3) is 0 Å². The molecule has 0 aliphatic carbocycles. The molecule has 94 valence electrons. The number of allylic oxidation sites excluding steroid dienone is 2. The quantitative estimate of drug-likeness (QED) is 0.616. The molecule has 0 atom stereocenters. The van der Waals surface area contributed by atoms with Gasteiger partial charge in [0.15, 0.2) is 6.20 Å². The van der Waals surface area contributed by atoms with E-state index in [4.69, 9.17) is 0 Å². The van der Waals surface area contributed by atoms with E-state index in [-0.39, 0.29) is 0 Å². The Bertz CT molecular complexity index is 472. The molecular formula is C14H19N4+. The number of hydrogen-bond donors (Lipinski definition) is 1. The lowest BCUT2D eigenvalue weighted by atomic mass is 10.2. The van der Waals surface area contributed by atoms with E-state index in [9.17, 15) is 0 Å². The molecular weight excluding hydrogens is 224 g/mol. The molecule has 0 aliphatic heterocycles. The van der Waals surface area contributed by atoms with Crippen molar-refractivity contribution in [2.75, 3.05) is 12.0 Å². The predicted molar refractivity (Wildman–Crippen MR) is 77.3 cm³/mol. The lowest BCUT2D eigenvalue weighted by Crippen LogP contribution is -1.99. The third-order valence-electron chi connectivity index (χ3n) is 2.17. The van der Waals surface area contributed by atoms with E-state index in [0.29, 0.717) is 6.67 Å². The van der Waals surface area contributed by atoms with Crippen molar-refractivity contribution < 1.29 is 4.58 Å². The van der Waals surface area contributed by atoms with Crippen LogP contribution in [0.15, 0.2) is 48.0 Å². The van der Waals surface area contributed by atoms with E-state index in [0.717, 1.165) is 11.3 Å². The van der Waals surface area contributed by atoms with Crippen molar-refractivity contribution in [2.24, 2.45) is 4.99 Å². The molecule has 4 heteroatoms. The first-order valence-corrected chi connectivity index (χ1v) is 5.76. The van der Waals surface area contributed by atoms with E-state index >= 15 is 0 Å². The highest BCUT2D eigenvalue weighted by Crippen LogP contribution is 2.10. The summed E-state index contributed by atoms with van der Waals surface area (Å²) in [6.07, 6.45) is 12.8. The lowest BCUT2D eigenvalue weighted by Gasteiger charge is -2.02. The number of nitrogens with one attached hydrogen (secondary N) is 1. The highest BCUT2D eigenvalue weighted by atomic mass is 15.1. The molecule has 1 aromatic heterocycles. The van der Waals surface area contributed by atoms with E-state index in [2.05, 4.69) is 22.0 Å². The monoisotopic (exact) mass is 243 g/mol. The van der Waals surface area contributed by atoms with Gasteiger partial charge in [-0.3, -0.25) is 4.98 Å². The number of aromatic nitrogens is 1. The van der Waals surface area contributed by atoms with Crippen LogP contribution in [0.5, 0.6) is 0 Å². The third kappa shape index (κ3) is 5.21. The summed E-state index contributed by atoms with van der Waals surface area (Å²) in [7, 11) is 0. The minimum absolute atomic E-state index is 0.545. The summed E-state index contributed by atoms with van der Waals surface area (Å²) in [6, 6.07) is 1.93. The minimum atomic E-state index is 0.545. The van der Waals surface area contributed by atoms with Gasteiger partial charge in [-0.25, -0.2) is 4.99 Å². The average Bonchev–Trinajstić information content (AvgIpc) is 2.36. The second-order valence-corrected chi connectivity index (χ2v) is 3.74. The number of aliphatic imine (C=N–C) groups is 1. The normalized spacial score (nSPS) is 11.7. The first-order valence-electron chi connectivity index (χ1n) is 5.76. The molecule has 0 saturated carbocycles. The Labute approximate surface area is 108 Å². The molecule has 1 rings (SSSR count). The maximum absolute atomic E-state index is 4.19. The third-order valence-corrected chi connectivity index (χ3v) is 2.17. The van der Waals surface area contributed by atoms with Crippen LogP contribution in [0.1, 0.15) is 12.5 Å². The zero-order chi connectivity index (χ0) is 13.2. The Morgan fingerprint density at radius 3 is 3.11 bits per heavy atom. The van der Waals surface area contributed by atoms with Crippen molar-refractivity contribution in [2.45, 2.75) is 13.8 Å². The molecule has 0 aromatic carbocycles. The standard InChI is InChI=1S/C14H19N4/c1-4-10-18(3)12-16-7-5-8-17-14-6-9-15-11-13(14)2/h4-11H,3,12H2,1-2H3,(H,15,17)/q+1/b8-5-,10-4-,16-7+. The van der Waals surface area contributed by atoms with Gasteiger partial charge in [0.1, 0.15) is 6.72 Å². The molecule has 4 nitrogen and oxygen atoms in total. The molecule has 0 radical (unpaired) electrons. The van der Waals surface area contributed by atoms with Gasteiger partial charge in [0.05, 0.1) is 0 Å². The van der Waals surface area contributed by atoms with Crippen molar-refractivity contribution in [1.82, 2.24) is 4.98 Å². The number of aryl methyl sites for hydroxylation is 1. The fourth-order valence-corrected chi connectivity index (χ4v) is 1.29. The minimum Gasteiger partial charge on any atom is -0.361 e. The van der Waals surface area contributed by atoms with E-state index < -0.39 is 0 Å². The molecule has 0 unspecified atom stereocenters. The Morgan fingerprint density at radius 1 is 1.56 bits per heavy atom. The van der Waals surface area contributed by atoms with Crippen LogP contribution in [0, 0.1) is 6.92 Å². The zero-order valence-corrected chi connectivity index (χ0v) is 10.9. The highest BCUT2D eigenvalue weighted by molar-refractivity contribution is 5.71. The number of nitrogens with zero attached hydrogens (tertiary/aromatic N) is 3. The largest absolute Gasteiger partial charge is 0.361 e. The van der Waals surface area contributed by atoms with Crippen LogP contribution in [0.2, 0.25) is 0 Å². The first kappa shape index (κ1) is 13.8. The summed E-state index contributed by atoms with van der Waals surface area (Å²) in [4.78, 5) is 8.22. The molecule has 0 aliphatic rings. The fourth-order valence-electron chi connectivity index (χ4n) is 1.29. The maximum atomic E-state index is 4.19. The summed E-state index contributed by atoms with van der Waals surface area (Å²) in [5.41, 5.74) is 2.15. The molecule has 1 aromatic rings. The van der Waals surface area contributed by atoms with Crippen LogP contribution in [0.3, 0.4) is 0 Å². The Morgan fingerprint density at radius 2 is 2.39 bits per heavy atom. The van der Waals surface area contributed by atoms with Gasteiger partial charge >= 0.3 is 0 Å². The van der Waals surface area contributed by atoms with Crippen molar-refractivity contribution in [3.05, 3.63) is 48.6 Å². The van der Waals surface area contributed by atoms with Gasteiger partial charge in [-0.05, 0) is 37.6 Å². The Balaban J connectivity index is 2.36. The molecule has 0 amide bonds. The van der Waals surface area contributed by atoms with Crippen molar-refractivity contribution in [3.8, 4) is 0 Å². The molecule has 0 saturated heterocycles. The predicted octanol–water partition coefficient (Wildman–Crippen LogP) is 2.59. The molecule has 1 N–H and O–H groups in total. The van der Waals surface area contributed by atoms with Crippen LogP contribution >= 0.6 is 0 Å². The van der Waals surface area contributed by atoms with Crippen LogP contribution in [-0.2, 0) is 0 Å². The zero-order valence-electron chi connectivity index (χ0n) is 10.9. The Kier molecular flexibility index (Phi) is 6.11. The van der Waals surface area contributed by atoms with E-state index in [1.165, 1.54) is 0 Å². The Hall–Kier alpha value is -2.23. The maximum Gasteiger partial charge on any atom is 0.240 e. The summed E-state index contributed by atoms with van der Waals surface area (Å²) in [6.45, 7) is 8.29. The lowest BCUT2D eigenvalue weighted by molar-refractivity contribution is -0.445. The van der Waals surface area contributed by atoms with Crippen molar-refractivity contribution >= 4 is 18.6 Å². The SMILES string of the molecule is C=[N+](/C=C\C)C/N=C/C=C\Nc1ccncc1C. The summed E-state index contributed by atoms with van der Waals surface area (Å²) < 4.78 is 1.75. The number of anilines is 1. The number of rotatable bonds is 6. The van der Waals surface area contributed by atoms with Crippen LogP contribution in [0.25, 0.3) is 0 Å². The molecule has 18 heavy (non-hydrogen) atoms. The van der Waals surface area contributed by atoms with Crippen molar-refractivity contribution in [3.63, 3.8) is 0 Å². The first-order chi connectivity index (χ1) is 8.74. The molecule has 0 spiro atoms. The average molecular weight is 243 g/mol. The van der Waals surface area contributed by atoms with Crippen LogP contribution in [-0.4, -0.2) is 29.2 Å². The highest BCUT2D eigenvalue weighted by Gasteiger charge is 1.92. The molecule has 1 heterocycles. The smallest absolute Gasteiger partial charge is 0.240 e. The fraction of sp³-hybridized carbons (Fsp3) is 0.214. The topological polar surface area (TPSA) is 40.3 Å². The van der Waals surface area contributed by atoms with E-state index in [1.54, 1.807) is 17.0 Å². The molecule has 0 fully saturated rings. The van der Waals surface area contributed by atoms with Gasteiger partial charge in [-0.2, -0.15) is 4.58 Å². The van der Waals surface area contributed by atoms with Gasteiger partial charge in [-0.1, -0.05) is 0 Å². The number of hydrogen-bond acceptors (Lipinski definition) is 3. The molecule has 0 bridgehead atoms. The van der Waals surface area contributed by atoms with Gasteiger partial charge in [-0.15, -0.1) is 0 Å². The second-order valence-electron chi connectivity index (χ2n) is 3.74. The van der Waals surface area contributed by atoms with Gasteiger partial charge in [0, 0.05) is 30.5 Å². The van der Waals surface area contributed by atoms with Gasteiger partial charge < -0.3 is 5.32 Å². The summed E-state index contributed by atoms with van der Waals surface area (Å²) in [5, 5.41) is 3.17. The van der Waals surface area contributed by atoms with Crippen LogP contribution < -0.4 is 5.32 Å². The second kappa shape index (κ2) is 7.95. The van der Waals surface area contributed by atoms with E-state index in [1.807, 2.05) is 50.7 Å².